The average Bonchev–Trinajstić information content (AvgIpc) is 3.20. The third kappa shape index (κ3) is 2.65. The SMILES string of the molecule is COc1ccc(C2(CC(=O)N3CC4CCC3C4)CC(=O)N(C3CC3)C2=O)cc1. The number of imide groups is 1. The van der Waals surface area contributed by atoms with Crippen molar-refractivity contribution < 1.29 is 19.1 Å². The molecule has 3 atom stereocenters. The van der Waals surface area contributed by atoms with Crippen LogP contribution in [0.5, 0.6) is 5.75 Å². The number of methoxy groups -OCH3 is 1. The van der Waals surface area contributed by atoms with Crippen molar-refractivity contribution in [3.8, 4) is 5.75 Å². The first-order valence-electron chi connectivity index (χ1n) is 10.3. The molecule has 2 saturated heterocycles. The van der Waals surface area contributed by atoms with Crippen molar-refractivity contribution in [3.05, 3.63) is 29.8 Å². The Kier molecular flexibility index (Phi) is 4.00. The number of benzene rings is 1. The lowest BCUT2D eigenvalue weighted by Gasteiger charge is -2.32. The lowest BCUT2D eigenvalue weighted by molar-refractivity contribution is -0.143. The lowest BCUT2D eigenvalue weighted by atomic mass is 9.75. The molecular weight excluding hydrogens is 356 g/mol. The van der Waals surface area contributed by atoms with Gasteiger partial charge in [0.2, 0.25) is 17.7 Å². The predicted molar refractivity (Wildman–Crippen MR) is 102 cm³/mol. The Morgan fingerprint density at radius 3 is 2.39 bits per heavy atom. The largest absolute Gasteiger partial charge is 0.497 e. The molecule has 1 aromatic carbocycles. The zero-order valence-electron chi connectivity index (χ0n) is 16.2. The van der Waals surface area contributed by atoms with Gasteiger partial charge in [0.1, 0.15) is 5.75 Å². The Balaban J connectivity index is 1.48. The second-order valence-electron chi connectivity index (χ2n) is 8.84. The molecule has 4 fully saturated rings. The first-order valence-corrected chi connectivity index (χ1v) is 10.3. The standard InChI is InChI=1S/C22H26N2O4/c1-28-18-8-3-15(4-9-18)22(12-20(26)24(21(22)27)16-6-7-16)11-19(25)23-13-14-2-5-17(23)10-14/h3-4,8-9,14,16-17H,2,5-7,10-13H2,1H3. The highest BCUT2D eigenvalue weighted by molar-refractivity contribution is 6.11. The van der Waals surface area contributed by atoms with E-state index in [1.165, 1.54) is 11.3 Å². The van der Waals surface area contributed by atoms with Gasteiger partial charge in [-0.25, -0.2) is 0 Å². The Morgan fingerprint density at radius 2 is 1.82 bits per heavy atom. The third-order valence-electron chi connectivity index (χ3n) is 7.09. The summed E-state index contributed by atoms with van der Waals surface area (Å²) in [5.74, 6) is 0.983. The number of hydrogen-bond donors (Lipinski definition) is 0. The molecule has 2 heterocycles. The normalized spacial score (nSPS) is 31.8. The molecule has 6 heteroatoms. The van der Waals surface area contributed by atoms with Crippen LogP contribution in [0.2, 0.25) is 0 Å². The molecule has 2 bridgehead atoms. The molecule has 0 N–H and O–H groups in total. The van der Waals surface area contributed by atoms with Gasteiger partial charge in [-0.2, -0.15) is 0 Å². The van der Waals surface area contributed by atoms with E-state index in [1.54, 1.807) is 19.2 Å². The fourth-order valence-electron chi connectivity index (χ4n) is 5.43. The van der Waals surface area contributed by atoms with E-state index in [9.17, 15) is 14.4 Å². The number of carbonyl (C=O) groups excluding carboxylic acids is 3. The second kappa shape index (κ2) is 6.33. The third-order valence-corrected chi connectivity index (χ3v) is 7.09. The van der Waals surface area contributed by atoms with Crippen LogP contribution in [0.4, 0.5) is 0 Å². The van der Waals surface area contributed by atoms with Crippen LogP contribution in [0.3, 0.4) is 0 Å². The molecule has 28 heavy (non-hydrogen) atoms. The van der Waals surface area contributed by atoms with Crippen LogP contribution < -0.4 is 4.74 Å². The van der Waals surface area contributed by atoms with Gasteiger partial charge in [0.15, 0.2) is 0 Å². The molecule has 6 nitrogen and oxygen atoms in total. The van der Waals surface area contributed by atoms with E-state index in [0.717, 1.165) is 37.8 Å². The van der Waals surface area contributed by atoms with Gasteiger partial charge in [-0.15, -0.1) is 0 Å². The summed E-state index contributed by atoms with van der Waals surface area (Å²) >= 11 is 0. The van der Waals surface area contributed by atoms with Crippen LogP contribution in [0.1, 0.15) is 50.5 Å². The van der Waals surface area contributed by atoms with Gasteiger partial charge < -0.3 is 9.64 Å². The Morgan fingerprint density at radius 1 is 1.11 bits per heavy atom. The summed E-state index contributed by atoms with van der Waals surface area (Å²) in [5.41, 5.74) is -0.335. The molecule has 148 valence electrons. The maximum atomic E-state index is 13.5. The van der Waals surface area contributed by atoms with Crippen molar-refractivity contribution in [1.29, 1.82) is 0 Å². The molecule has 5 rings (SSSR count). The van der Waals surface area contributed by atoms with Crippen LogP contribution in [-0.4, -0.2) is 53.3 Å². The van der Waals surface area contributed by atoms with E-state index in [0.29, 0.717) is 17.7 Å². The predicted octanol–water partition coefficient (Wildman–Crippen LogP) is 2.26. The number of rotatable bonds is 5. The molecular formula is C22H26N2O4. The molecule has 3 unspecified atom stereocenters. The van der Waals surface area contributed by atoms with Gasteiger partial charge in [0.25, 0.3) is 0 Å². The maximum absolute atomic E-state index is 13.5. The lowest BCUT2D eigenvalue weighted by Crippen LogP contribution is -2.45. The first kappa shape index (κ1) is 17.7. The fourth-order valence-corrected chi connectivity index (χ4v) is 5.43. The second-order valence-corrected chi connectivity index (χ2v) is 8.84. The molecule has 3 amide bonds. The quantitative estimate of drug-likeness (QED) is 0.733. The molecule has 0 radical (unpaired) electrons. The van der Waals surface area contributed by atoms with Crippen LogP contribution in [0.15, 0.2) is 24.3 Å². The topological polar surface area (TPSA) is 66.9 Å². The summed E-state index contributed by atoms with van der Waals surface area (Å²) in [5, 5.41) is 0. The number of likely N-dealkylation sites (tertiary alicyclic amines) is 2. The Hall–Kier alpha value is -2.37. The summed E-state index contributed by atoms with van der Waals surface area (Å²) in [6, 6.07) is 7.62. The number of hydrogen-bond acceptors (Lipinski definition) is 4. The van der Waals surface area contributed by atoms with Gasteiger partial charge in [-0.05, 0) is 55.7 Å². The van der Waals surface area contributed by atoms with Gasteiger partial charge in [0, 0.05) is 31.5 Å². The minimum atomic E-state index is -1.08. The smallest absolute Gasteiger partial charge is 0.241 e. The molecule has 2 aliphatic carbocycles. The number of piperidine rings is 1. The molecule has 0 spiro atoms. The van der Waals surface area contributed by atoms with Crippen molar-refractivity contribution in [2.75, 3.05) is 13.7 Å². The van der Waals surface area contributed by atoms with E-state index < -0.39 is 5.41 Å². The molecule has 0 aromatic heterocycles. The van der Waals surface area contributed by atoms with Crippen LogP contribution in [-0.2, 0) is 19.8 Å². The number of fused-ring (bicyclic) bond motifs is 2. The number of nitrogens with zero attached hydrogens (tertiary/aromatic N) is 2. The highest BCUT2D eigenvalue weighted by Crippen LogP contribution is 2.46. The van der Waals surface area contributed by atoms with E-state index in [1.807, 2.05) is 17.0 Å². The summed E-state index contributed by atoms with van der Waals surface area (Å²) < 4.78 is 5.24. The summed E-state index contributed by atoms with van der Waals surface area (Å²) in [6.07, 6.45) is 5.26. The van der Waals surface area contributed by atoms with E-state index in [2.05, 4.69) is 0 Å². The Labute approximate surface area is 164 Å². The highest BCUT2D eigenvalue weighted by Gasteiger charge is 2.57. The number of carbonyl (C=O) groups is 3. The van der Waals surface area contributed by atoms with Crippen molar-refractivity contribution in [3.63, 3.8) is 0 Å². The minimum Gasteiger partial charge on any atom is -0.497 e. The van der Waals surface area contributed by atoms with Crippen molar-refractivity contribution >= 4 is 17.7 Å². The van der Waals surface area contributed by atoms with Crippen LogP contribution in [0.25, 0.3) is 0 Å². The summed E-state index contributed by atoms with van der Waals surface area (Å²) in [7, 11) is 1.59. The van der Waals surface area contributed by atoms with Crippen molar-refractivity contribution in [2.24, 2.45) is 5.92 Å². The van der Waals surface area contributed by atoms with E-state index in [-0.39, 0.29) is 36.6 Å². The summed E-state index contributed by atoms with van der Waals surface area (Å²) in [6.45, 7) is 0.802. The van der Waals surface area contributed by atoms with Gasteiger partial charge in [-0.3, -0.25) is 19.3 Å². The van der Waals surface area contributed by atoms with Crippen molar-refractivity contribution in [2.45, 2.75) is 62.4 Å². The molecule has 2 saturated carbocycles. The van der Waals surface area contributed by atoms with Gasteiger partial charge >= 0.3 is 0 Å². The molecule has 4 aliphatic rings. The number of amides is 3. The molecule has 2 aliphatic heterocycles. The van der Waals surface area contributed by atoms with E-state index in [4.69, 9.17) is 4.74 Å². The number of ether oxygens (including phenoxy) is 1. The zero-order chi connectivity index (χ0) is 19.5. The van der Waals surface area contributed by atoms with Gasteiger partial charge in [0.05, 0.1) is 12.5 Å². The Bertz CT molecular complexity index is 831. The van der Waals surface area contributed by atoms with Crippen LogP contribution >= 0.6 is 0 Å². The van der Waals surface area contributed by atoms with E-state index >= 15 is 0 Å². The van der Waals surface area contributed by atoms with Crippen molar-refractivity contribution in [1.82, 2.24) is 9.80 Å². The van der Waals surface area contributed by atoms with Gasteiger partial charge in [-0.1, -0.05) is 12.1 Å². The highest BCUT2D eigenvalue weighted by atomic mass is 16.5. The monoisotopic (exact) mass is 382 g/mol. The zero-order valence-corrected chi connectivity index (χ0v) is 16.2. The summed E-state index contributed by atoms with van der Waals surface area (Å²) in [4.78, 5) is 42.9. The average molecular weight is 382 g/mol. The minimum absolute atomic E-state index is 0.0156. The molecule has 1 aromatic rings. The fraction of sp³-hybridized carbons (Fsp3) is 0.591. The maximum Gasteiger partial charge on any atom is 0.241 e. The first-order chi connectivity index (χ1) is 13.5. The van der Waals surface area contributed by atoms with Crippen LogP contribution in [0, 0.1) is 5.92 Å².